The van der Waals surface area contributed by atoms with Gasteiger partial charge in [-0.15, -0.1) is 0 Å². The number of nitrogens with zero attached hydrogens (tertiary/aromatic N) is 2. The van der Waals surface area contributed by atoms with Crippen LogP contribution in [-0.2, 0) is 11.2 Å². The molecular weight excluding hydrogens is 282 g/mol. The third-order valence-electron chi connectivity index (χ3n) is 3.37. The Kier molecular flexibility index (Phi) is 5.16. The van der Waals surface area contributed by atoms with Crippen molar-refractivity contribution in [2.75, 3.05) is 7.11 Å². The van der Waals surface area contributed by atoms with E-state index in [4.69, 9.17) is 4.74 Å². The number of benzene rings is 1. The molecular formula is C16H21N3O3. The summed E-state index contributed by atoms with van der Waals surface area (Å²) in [6.07, 6.45) is 0.741. The minimum atomic E-state index is -0.296. The Balaban J connectivity index is 1.97. The Morgan fingerprint density at radius 2 is 2.05 bits per heavy atom. The van der Waals surface area contributed by atoms with Crippen molar-refractivity contribution in [3.63, 3.8) is 0 Å². The van der Waals surface area contributed by atoms with Crippen LogP contribution in [0.15, 0.2) is 30.3 Å². The first-order valence-electron chi connectivity index (χ1n) is 7.21. The fourth-order valence-corrected chi connectivity index (χ4v) is 2.04. The number of hydroxylamine groups is 2. The van der Waals surface area contributed by atoms with E-state index in [0.717, 1.165) is 27.8 Å². The number of nitrogens with one attached hydrogen (secondary N) is 1. The van der Waals surface area contributed by atoms with Gasteiger partial charge in [0.25, 0.3) is 0 Å². The number of hydrogen-bond donors (Lipinski definition) is 2. The summed E-state index contributed by atoms with van der Waals surface area (Å²) >= 11 is 0. The number of rotatable bonds is 6. The number of carbonyl (C=O) groups excluding carboxylic acids is 1. The molecule has 1 aromatic carbocycles. The number of aryl methyl sites for hydroxylation is 1. The van der Waals surface area contributed by atoms with Crippen molar-refractivity contribution < 1.29 is 14.7 Å². The zero-order valence-corrected chi connectivity index (χ0v) is 13.0. The molecule has 6 heteroatoms. The molecule has 0 fully saturated rings. The minimum absolute atomic E-state index is 0.218. The zero-order valence-electron chi connectivity index (χ0n) is 13.0. The Hall–Kier alpha value is -2.34. The van der Waals surface area contributed by atoms with Gasteiger partial charge in [0, 0.05) is 17.7 Å². The molecule has 0 unspecified atom stereocenters. The van der Waals surface area contributed by atoms with Crippen LogP contribution in [0.3, 0.4) is 0 Å². The van der Waals surface area contributed by atoms with E-state index in [2.05, 4.69) is 10.2 Å². The van der Waals surface area contributed by atoms with Gasteiger partial charge in [0.05, 0.1) is 18.8 Å². The van der Waals surface area contributed by atoms with Crippen LogP contribution in [0.1, 0.15) is 26.0 Å². The zero-order chi connectivity index (χ0) is 16.1. The molecule has 2 aromatic rings. The summed E-state index contributed by atoms with van der Waals surface area (Å²) in [5, 5.41) is 17.5. The molecule has 2 rings (SSSR count). The molecule has 0 radical (unpaired) electrons. The number of aromatic amines is 1. The lowest BCUT2D eigenvalue weighted by Crippen LogP contribution is -2.33. The Morgan fingerprint density at radius 1 is 1.36 bits per heavy atom. The van der Waals surface area contributed by atoms with E-state index in [9.17, 15) is 10.0 Å². The molecule has 1 heterocycles. The summed E-state index contributed by atoms with van der Waals surface area (Å²) < 4.78 is 5.12. The fourth-order valence-electron chi connectivity index (χ4n) is 2.04. The molecule has 6 nitrogen and oxygen atoms in total. The second-order valence-corrected chi connectivity index (χ2v) is 5.34. The normalized spacial score (nSPS) is 10.8. The first-order valence-corrected chi connectivity index (χ1v) is 7.21. The maximum absolute atomic E-state index is 11.7. The standard InChI is InChI=1S/C16H21N3O3/c1-11(2)19(21)16(20)9-6-13-10-15(18-17-13)12-4-7-14(22-3)8-5-12/h4-5,7-8,10-11,21H,6,9H2,1-3H3,(H,17,18). The lowest BCUT2D eigenvalue weighted by Gasteiger charge is -2.18. The van der Waals surface area contributed by atoms with Crippen molar-refractivity contribution in [1.82, 2.24) is 15.3 Å². The number of H-pyrrole nitrogens is 1. The lowest BCUT2D eigenvalue weighted by atomic mass is 10.1. The van der Waals surface area contributed by atoms with Crippen LogP contribution in [-0.4, -0.2) is 39.5 Å². The molecule has 0 aliphatic heterocycles. The van der Waals surface area contributed by atoms with E-state index < -0.39 is 0 Å². The van der Waals surface area contributed by atoms with Crippen LogP contribution >= 0.6 is 0 Å². The van der Waals surface area contributed by atoms with E-state index in [1.165, 1.54) is 0 Å². The van der Waals surface area contributed by atoms with Gasteiger partial charge in [0.1, 0.15) is 5.75 Å². The van der Waals surface area contributed by atoms with Crippen molar-refractivity contribution in [3.05, 3.63) is 36.0 Å². The third kappa shape index (κ3) is 3.85. The number of ether oxygens (including phenoxy) is 1. The topological polar surface area (TPSA) is 78.5 Å². The highest BCUT2D eigenvalue weighted by Gasteiger charge is 2.14. The number of hydrogen-bond acceptors (Lipinski definition) is 4. The predicted octanol–water partition coefficient (Wildman–Crippen LogP) is 2.64. The molecule has 0 bridgehead atoms. The lowest BCUT2D eigenvalue weighted by molar-refractivity contribution is -0.172. The van der Waals surface area contributed by atoms with Crippen molar-refractivity contribution in [2.24, 2.45) is 0 Å². The van der Waals surface area contributed by atoms with Gasteiger partial charge in [-0.25, -0.2) is 5.06 Å². The number of amides is 1. The molecule has 1 aromatic heterocycles. The second-order valence-electron chi connectivity index (χ2n) is 5.34. The minimum Gasteiger partial charge on any atom is -0.497 e. The van der Waals surface area contributed by atoms with E-state index in [0.29, 0.717) is 6.42 Å². The predicted molar refractivity (Wildman–Crippen MR) is 82.7 cm³/mol. The molecule has 0 aliphatic rings. The maximum atomic E-state index is 11.7. The van der Waals surface area contributed by atoms with Crippen LogP contribution in [0.2, 0.25) is 0 Å². The first-order chi connectivity index (χ1) is 10.5. The summed E-state index contributed by atoms with van der Waals surface area (Å²) in [5.74, 6) is 0.498. The number of methoxy groups -OCH3 is 1. The van der Waals surface area contributed by atoms with Gasteiger partial charge >= 0.3 is 0 Å². The van der Waals surface area contributed by atoms with Crippen LogP contribution < -0.4 is 4.74 Å². The highest BCUT2D eigenvalue weighted by Crippen LogP contribution is 2.21. The smallest absolute Gasteiger partial charge is 0.246 e. The van der Waals surface area contributed by atoms with Crippen LogP contribution in [0.4, 0.5) is 0 Å². The van der Waals surface area contributed by atoms with Crippen molar-refractivity contribution in [2.45, 2.75) is 32.7 Å². The van der Waals surface area contributed by atoms with Gasteiger partial charge in [-0.2, -0.15) is 5.10 Å². The highest BCUT2D eigenvalue weighted by molar-refractivity contribution is 5.75. The summed E-state index contributed by atoms with van der Waals surface area (Å²) in [6, 6.07) is 9.30. The summed E-state index contributed by atoms with van der Waals surface area (Å²) in [5.41, 5.74) is 2.65. The molecule has 118 valence electrons. The van der Waals surface area contributed by atoms with Gasteiger partial charge in [-0.1, -0.05) is 0 Å². The quantitative estimate of drug-likeness (QED) is 0.635. The van der Waals surface area contributed by atoms with Crippen molar-refractivity contribution >= 4 is 5.91 Å². The Morgan fingerprint density at radius 3 is 2.64 bits per heavy atom. The van der Waals surface area contributed by atoms with Crippen LogP contribution in [0.5, 0.6) is 5.75 Å². The largest absolute Gasteiger partial charge is 0.497 e. The fraction of sp³-hybridized carbons (Fsp3) is 0.375. The molecule has 0 saturated carbocycles. The van der Waals surface area contributed by atoms with Gasteiger partial charge < -0.3 is 4.74 Å². The van der Waals surface area contributed by atoms with Gasteiger partial charge in [-0.05, 0) is 50.6 Å². The average Bonchev–Trinajstić information content (AvgIpc) is 3.00. The summed E-state index contributed by atoms with van der Waals surface area (Å²) in [6.45, 7) is 3.52. The number of aromatic nitrogens is 2. The monoisotopic (exact) mass is 303 g/mol. The SMILES string of the molecule is COc1ccc(-c2cc(CCC(=O)N(O)C(C)C)[nH]n2)cc1. The van der Waals surface area contributed by atoms with Gasteiger partial charge in [0.15, 0.2) is 0 Å². The molecule has 2 N–H and O–H groups in total. The molecule has 1 amide bonds. The molecule has 0 spiro atoms. The Bertz CT molecular complexity index is 620. The number of carbonyl (C=O) groups is 1. The molecule has 0 aliphatic carbocycles. The Labute approximate surface area is 129 Å². The maximum Gasteiger partial charge on any atom is 0.246 e. The molecule has 22 heavy (non-hydrogen) atoms. The van der Waals surface area contributed by atoms with Gasteiger partial charge in [0.2, 0.25) is 5.91 Å². The second kappa shape index (κ2) is 7.09. The van der Waals surface area contributed by atoms with E-state index in [1.54, 1.807) is 21.0 Å². The van der Waals surface area contributed by atoms with E-state index in [-0.39, 0.29) is 18.4 Å². The van der Waals surface area contributed by atoms with E-state index in [1.807, 2.05) is 30.3 Å². The van der Waals surface area contributed by atoms with Crippen LogP contribution in [0.25, 0.3) is 11.3 Å². The summed E-state index contributed by atoms with van der Waals surface area (Å²) in [4.78, 5) is 11.7. The van der Waals surface area contributed by atoms with Crippen LogP contribution in [0, 0.1) is 0 Å². The van der Waals surface area contributed by atoms with E-state index >= 15 is 0 Å². The van der Waals surface area contributed by atoms with Gasteiger partial charge in [-0.3, -0.25) is 15.1 Å². The highest BCUT2D eigenvalue weighted by atomic mass is 16.5. The summed E-state index contributed by atoms with van der Waals surface area (Å²) in [7, 11) is 1.63. The van der Waals surface area contributed by atoms with Crippen molar-refractivity contribution in [1.29, 1.82) is 0 Å². The molecule has 0 atom stereocenters. The average molecular weight is 303 g/mol. The van der Waals surface area contributed by atoms with Crippen molar-refractivity contribution in [3.8, 4) is 17.0 Å². The third-order valence-corrected chi connectivity index (χ3v) is 3.37. The first kappa shape index (κ1) is 16.0. The molecule has 0 saturated heterocycles.